The first kappa shape index (κ1) is 15.3. The second-order valence-corrected chi connectivity index (χ2v) is 6.35. The SMILES string of the molecule is Cc1csc(C(=O)NS(=O)(=O)CC(F)(F)F)c1Cl. The van der Waals surface area contributed by atoms with Gasteiger partial charge in [0, 0.05) is 0 Å². The van der Waals surface area contributed by atoms with E-state index in [1.165, 1.54) is 10.1 Å². The van der Waals surface area contributed by atoms with Gasteiger partial charge in [0.15, 0.2) is 5.75 Å². The second kappa shape index (κ2) is 5.06. The number of nitrogens with one attached hydrogen (secondary N) is 1. The largest absolute Gasteiger partial charge is 0.404 e. The van der Waals surface area contributed by atoms with E-state index < -0.39 is 27.9 Å². The molecule has 18 heavy (non-hydrogen) atoms. The lowest BCUT2D eigenvalue weighted by atomic mass is 10.3. The van der Waals surface area contributed by atoms with Crippen LogP contribution in [0.15, 0.2) is 5.38 Å². The Morgan fingerprint density at radius 1 is 1.50 bits per heavy atom. The Hall–Kier alpha value is -0.800. The Labute approximate surface area is 110 Å². The van der Waals surface area contributed by atoms with Crippen LogP contribution in [0.25, 0.3) is 0 Å². The van der Waals surface area contributed by atoms with Crippen LogP contribution in [0.2, 0.25) is 5.02 Å². The summed E-state index contributed by atoms with van der Waals surface area (Å²) in [7, 11) is -4.77. The Kier molecular flexibility index (Phi) is 4.29. The standard InChI is InChI=1S/C8H7ClF3NO3S2/c1-4-2-17-6(5(4)9)7(14)13-18(15,16)3-8(10,11)12/h2H,3H2,1H3,(H,13,14). The molecule has 102 valence electrons. The predicted octanol–water partition coefficient (Wildman–Crippen LogP) is 2.33. The number of carbonyl (C=O) groups is 1. The summed E-state index contributed by atoms with van der Waals surface area (Å²) >= 11 is 6.55. The van der Waals surface area contributed by atoms with Crippen molar-refractivity contribution < 1.29 is 26.4 Å². The molecule has 1 aromatic rings. The fraction of sp³-hybridized carbons (Fsp3) is 0.375. The monoisotopic (exact) mass is 321 g/mol. The van der Waals surface area contributed by atoms with Gasteiger partial charge in [0.1, 0.15) is 4.88 Å². The van der Waals surface area contributed by atoms with Crippen LogP contribution in [0.1, 0.15) is 15.2 Å². The van der Waals surface area contributed by atoms with Crippen molar-refractivity contribution in [3.63, 3.8) is 0 Å². The van der Waals surface area contributed by atoms with E-state index in [9.17, 15) is 26.4 Å². The molecule has 0 radical (unpaired) electrons. The highest BCUT2D eigenvalue weighted by Crippen LogP contribution is 2.27. The van der Waals surface area contributed by atoms with Gasteiger partial charge in [-0.1, -0.05) is 11.6 Å². The summed E-state index contributed by atoms with van der Waals surface area (Å²) in [6.45, 7) is 1.58. The molecule has 0 bridgehead atoms. The highest BCUT2D eigenvalue weighted by molar-refractivity contribution is 7.90. The number of alkyl halides is 3. The molecular weight excluding hydrogens is 315 g/mol. The van der Waals surface area contributed by atoms with E-state index >= 15 is 0 Å². The summed E-state index contributed by atoms with van der Waals surface area (Å²) in [6, 6.07) is 0. The van der Waals surface area contributed by atoms with Gasteiger partial charge in [0.05, 0.1) is 5.02 Å². The molecule has 0 aliphatic heterocycles. The van der Waals surface area contributed by atoms with Crippen LogP contribution in [0.5, 0.6) is 0 Å². The highest BCUT2D eigenvalue weighted by atomic mass is 35.5. The first-order chi connectivity index (χ1) is 8.02. The lowest BCUT2D eigenvalue weighted by Crippen LogP contribution is -2.37. The fourth-order valence-electron chi connectivity index (χ4n) is 1.02. The number of carbonyl (C=O) groups excluding carboxylic acids is 1. The molecule has 4 nitrogen and oxygen atoms in total. The molecule has 0 spiro atoms. The van der Waals surface area contributed by atoms with Gasteiger partial charge in [-0.15, -0.1) is 11.3 Å². The molecule has 0 aliphatic carbocycles. The van der Waals surface area contributed by atoms with Gasteiger partial charge in [0.25, 0.3) is 5.91 Å². The molecule has 0 aliphatic rings. The average Bonchev–Trinajstić information content (AvgIpc) is 2.42. The maximum absolute atomic E-state index is 11.9. The zero-order chi connectivity index (χ0) is 14.1. The van der Waals surface area contributed by atoms with Crippen LogP contribution in [0, 0.1) is 6.92 Å². The minimum Gasteiger partial charge on any atom is -0.267 e. The minimum absolute atomic E-state index is 0.0275. The molecule has 0 atom stereocenters. The molecule has 1 rings (SSSR count). The number of amides is 1. The average molecular weight is 322 g/mol. The normalized spacial score (nSPS) is 12.5. The number of thiophene rings is 1. The van der Waals surface area contributed by atoms with Crippen molar-refractivity contribution in [3.05, 3.63) is 20.8 Å². The van der Waals surface area contributed by atoms with Crippen molar-refractivity contribution in [1.82, 2.24) is 4.72 Å². The van der Waals surface area contributed by atoms with Crippen LogP contribution in [0.4, 0.5) is 13.2 Å². The number of aryl methyl sites for hydroxylation is 1. The van der Waals surface area contributed by atoms with Gasteiger partial charge < -0.3 is 0 Å². The van der Waals surface area contributed by atoms with Crippen LogP contribution >= 0.6 is 22.9 Å². The third-order valence-electron chi connectivity index (χ3n) is 1.71. The summed E-state index contributed by atoms with van der Waals surface area (Å²) in [5.74, 6) is -3.28. The molecule has 1 amide bonds. The number of hydrogen-bond acceptors (Lipinski definition) is 4. The number of sulfonamides is 1. The van der Waals surface area contributed by atoms with Crippen LogP contribution < -0.4 is 4.72 Å². The zero-order valence-corrected chi connectivity index (χ0v) is 11.2. The first-order valence-corrected chi connectivity index (χ1v) is 7.28. The second-order valence-electron chi connectivity index (χ2n) is 3.37. The molecular formula is C8H7ClF3NO3S2. The summed E-state index contributed by atoms with van der Waals surface area (Å²) in [5.41, 5.74) is 0.542. The molecule has 1 N–H and O–H groups in total. The lowest BCUT2D eigenvalue weighted by Gasteiger charge is -2.08. The number of halogens is 4. The highest BCUT2D eigenvalue weighted by Gasteiger charge is 2.36. The zero-order valence-electron chi connectivity index (χ0n) is 8.84. The Morgan fingerprint density at radius 2 is 2.06 bits per heavy atom. The van der Waals surface area contributed by atoms with Gasteiger partial charge in [-0.05, 0) is 17.9 Å². The van der Waals surface area contributed by atoms with E-state index in [-0.39, 0.29) is 9.90 Å². The van der Waals surface area contributed by atoms with Gasteiger partial charge >= 0.3 is 6.18 Å². The van der Waals surface area contributed by atoms with E-state index in [0.717, 1.165) is 11.3 Å². The van der Waals surface area contributed by atoms with Gasteiger partial charge in [0.2, 0.25) is 10.0 Å². The van der Waals surface area contributed by atoms with Gasteiger partial charge in [-0.2, -0.15) is 13.2 Å². The van der Waals surface area contributed by atoms with Crippen LogP contribution in [-0.2, 0) is 10.0 Å². The van der Waals surface area contributed by atoms with E-state index in [1.807, 2.05) is 0 Å². The molecule has 0 saturated carbocycles. The fourth-order valence-corrected chi connectivity index (χ4v) is 3.15. The van der Waals surface area contributed by atoms with E-state index in [1.54, 1.807) is 6.92 Å². The van der Waals surface area contributed by atoms with Gasteiger partial charge in [-0.3, -0.25) is 4.79 Å². The van der Waals surface area contributed by atoms with Crippen molar-refractivity contribution in [2.45, 2.75) is 13.1 Å². The van der Waals surface area contributed by atoms with E-state index in [0.29, 0.717) is 5.56 Å². The summed E-state index contributed by atoms with van der Waals surface area (Å²) in [6.07, 6.45) is -4.92. The van der Waals surface area contributed by atoms with Crippen LogP contribution in [0.3, 0.4) is 0 Å². The molecule has 10 heteroatoms. The quantitative estimate of drug-likeness (QED) is 0.929. The van der Waals surface area contributed by atoms with Gasteiger partial charge in [-0.25, -0.2) is 13.1 Å². The molecule has 0 aromatic carbocycles. The minimum atomic E-state index is -4.92. The van der Waals surface area contributed by atoms with E-state index in [4.69, 9.17) is 11.6 Å². The molecule has 0 fully saturated rings. The first-order valence-electron chi connectivity index (χ1n) is 4.37. The summed E-state index contributed by atoms with van der Waals surface area (Å²) in [5, 5.41) is 1.52. The van der Waals surface area contributed by atoms with Crippen molar-refractivity contribution in [2.24, 2.45) is 0 Å². The summed E-state index contributed by atoms with van der Waals surface area (Å²) in [4.78, 5) is 11.3. The van der Waals surface area contributed by atoms with Crippen LogP contribution in [-0.4, -0.2) is 26.3 Å². The summed E-state index contributed by atoms with van der Waals surface area (Å²) < 4.78 is 59.2. The molecule has 1 aromatic heterocycles. The topological polar surface area (TPSA) is 63.2 Å². The number of hydrogen-bond donors (Lipinski definition) is 1. The van der Waals surface area contributed by atoms with Crippen molar-refractivity contribution >= 4 is 38.9 Å². The number of rotatable bonds is 3. The third-order valence-corrected chi connectivity index (χ3v) is 4.61. The predicted molar refractivity (Wildman–Crippen MR) is 61.4 cm³/mol. The maximum atomic E-state index is 11.9. The van der Waals surface area contributed by atoms with Crippen molar-refractivity contribution in [2.75, 3.05) is 5.75 Å². The maximum Gasteiger partial charge on any atom is 0.404 e. The molecule has 0 unspecified atom stereocenters. The van der Waals surface area contributed by atoms with Crippen molar-refractivity contribution in [1.29, 1.82) is 0 Å². The Morgan fingerprint density at radius 3 is 2.44 bits per heavy atom. The lowest BCUT2D eigenvalue weighted by molar-refractivity contribution is -0.106. The third kappa shape index (κ3) is 4.14. The molecule has 0 saturated heterocycles. The Balaban J connectivity index is 2.86. The molecule has 1 heterocycles. The Bertz CT molecular complexity index is 565. The van der Waals surface area contributed by atoms with Crippen molar-refractivity contribution in [3.8, 4) is 0 Å². The van der Waals surface area contributed by atoms with E-state index in [2.05, 4.69) is 0 Å². The smallest absolute Gasteiger partial charge is 0.267 e.